The number of aliphatic hydroxyl groups excluding tert-OH is 2. The molecule has 10 nitrogen and oxygen atoms in total. The topological polar surface area (TPSA) is 165 Å². The largest absolute Gasteiger partial charge is 0.486 e. The van der Waals surface area contributed by atoms with Crippen LogP contribution in [0.1, 0.15) is 183 Å². The normalized spacial score (nSPS) is 27.0. The summed E-state index contributed by atoms with van der Waals surface area (Å²) in [7, 11) is 0. The molecule has 4 aliphatic rings. The zero-order valence-corrected chi connectivity index (χ0v) is 48.7. The third-order valence-electron chi connectivity index (χ3n) is 15.8. The van der Waals surface area contributed by atoms with Crippen molar-refractivity contribution >= 4 is 34.9 Å². The average molecular weight is 1050 g/mol. The Labute approximate surface area is 449 Å². The maximum absolute atomic E-state index is 16.0. The van der Waals surface area contributed by atoms with Gasteiger partial charge in [0, 0.05) is 34.4 Å². The molecule has 6 rings (SSSR count). The first kappa shape index (κ1) is 64.1. The van der Waals surface area contributed by atoms with Crippen molar-refractivity contribution in [2.45, 2.75) is 215 Å². The Hall–Kier alpha value is -4.20. The predicted molar refractivity (Wildman–Crippen MR) is 301 cm³/mol. The van der Waals surface area contributed by atoms with Crippen LogP contribution in [-0.2, 0) is 30.5 Å². The molecule has 74 heavy (non-hydrogen) atoms. The van der Waals surface area contributed by atoms with Crippen LogP contribution in [0.25, 0.3) is 0 Å². The Morgan fingerprint density at radius 3 is 2.15 bits per heavy atom. The second-order valence-corrected chi connectivity index (χ2v) is 24.1. The number of fused-ring (bicyclic) bond motifs is 5. The monoisotopic (exact) mass is 1040 g/mol. The molecule has 2 aromatic carbocycles. The lowest BCUT2D eigenvalue weighted by molar-refractivity contribution is -0.244. The summed E-state index contributed by atoms with van der Waals surface area (Å²) < 4.78 is 28.3. The van der Waals surface area contributed by atoms with E-state index in [-0.39, 0.29) is 64.8 Å². The number of ether oxygens (including phenoxy) is 2. The Morgan fingerprint density at radius 2 is 1.65 bits per heavy atom. The van der Waals surface area contributed by atoms with Crippen molar-refractivity contribution in [2.75, 3.05) is 0 Å². The molecule has 0 aliphatic heterocycles. The summed E-state index contributed by atoms with van der Waals surface area (Å²) in [6, 6.07) is 10.9. The second kappa shape index (κ2) is 27.7. The van der Waals surface area contributed by atoms with E-state index in [0.29, 0.717) is 41.8 Å². The number of carbonyl (C=O) groups is 4. The average Bonchev–Trinajstić information content (AvgIpc) is 3.60. The molecule has 5 N–H and O–H groups in total. The molecule has 0 bridgehead atoms. The molecule has 0 spiro atoms. The Morgan fingerprint density at radius 1 is 0.986 bits per heavy atom. The number of halogens is 1. The SMILES string of the molecule is C=C1C=CC2(C)C(=C1)CCC1(N)C2C(O)CC2(C)[C@H]1CC[C@]2(OC(O)c1c(C)ccc(OCc2cccc(C)c2)c1F)C(C)=O.CC/C=C(\N[C@@H](C)C(C)=O)C(C)C.CCC(SC(C)C)C(C)=O.CCCC(C)=O. The number of benzene rings is 2. The van der Waals surface area contributed by atoms with E-state index in [0.717, 1.165) is 48.8 Å². The highest BCUT2D eigenvalue weighted by Gasteiger charge is 2.73. The van der Waals surface area contributed by atoms with Crippen molar-refractivity contribution in [2.24, 2.45) is 34.3 Å². The fraction of sp³-hybridized carbons (Fsp3) is 0.613. The molecule has 0 heterocycles. The highest BCUT2D eigenvalue weighted by atomic mass is 32.2. The molecule has 0 amide bonds. The first-order valence-electron chi connectivity index (χ1n) is 27.0. The highest BCUT2D eigenvalue weighted by molar-refractivity contribution is 8.01. The number of rotatable bonds is 18. The number of nitrogens with one attached hydrogen (secondary N) is 1. The molecule has 10 atom stereocenters. The van der Waals surface area contributed by atoms with Crippen LogP contribution < -0.4 is 15.8 Å². The van der Waals surface area contributed by atoms with Crippen molar-refractivity contribution in [1.82, 2.24) is 5.32 Å². The first-order chi connectivity index (χ1) is 34.5. The number of Topliss-reactive ketones (excluding diaryl/α,β-unsaturated/α-hetero) is 4. The minimum atomic E-state index is -1.73. The van der Waals surface area contributed by atoms with Gasteiger partial charge in [0.1, 0.15) is 23.8 Å². The van der Waals surface area contributed by atoms with Crippen LogP contribution in [0.15, 0.2) is 84.1 Å². The molecular weight excluding hydrogens is 952 g/mol. The zero-order valence-electron chi connectivity index (χ0n) is 47.9. The summed E-state index contributed by atoms with van der Waals surface area (Å²) >= 11 is 1.76. The van der Waals surface area contributed by atoms with Crippen LogP contribution in [0.3, 0.4) is 0 Å². The molecule has 3 saturated carbocycles. The zero-order chi connectivity index (χ0) is 56.1. The summed E-state index contributed by atoms with van der Waals surface area (Å²) in [5, 5.41) is 27.6. The van der Waals surface area contributed by atoms with Crippen LogP contribution in [0.5, 0.6) is 5.75 Å². The summed E-state index contributed by atoms with van der Waals surface area (Å²) in [5.41, 5.74) is 9.56. The summed E-state index contributed by atoms with van der Waals surface area (Å²) in [5.74, 6) is -0.182. The highest BCUT2D eigenvalue weighted by Crippen LogP contribution is 2.69. The van der Waals surface area contributed by atoms with Gasteiger partial charge in [-0.05, 0) is 140 Å². The van der Waals surface area contributed by atoms with E-state index in [2.05, 4.69) is 78.6 Å². The van der Waals surface area contributed by atoms with Gasteiger partial charge in [0.05, 0.1) is 23.0 Å². The van der Waals surface area contributed by atoms with Crippen molar-refractivity contribution in [3.8, 4) is 5.75 Å². The summed E-state index contributed by atoms with van der Waals surface area (Å²) in [6.07, 6.45) is 12.1. The number of nitrogens with two attached hydrogens (primary N) is 1. The van der Waals surface area contributed by atoms with Gasteiger partial charge in [0.2, 0.25) is 0 Å². The van der Waals surface area contributed by atoms with E-state index in [4.69, 9.17) is 15.2 Å². The minimum absolute atomic E-state index is 0.00786. The molecule has 3 fully saturated rings. The second-order valence-electron chi connectivity index (χ2n) is 22.3. The lowest BCUT2D eigenvalue weighted by Crippen LogP contribution is -2.72. The molecule has 0 aromatic heterocycles. The molecule has 0 radical (unpaired) electrons. The van der Waals surface area contributed by atoms with Gasteiger partial charge in [0.25, 0.3) is 0 Å². The molecule has 4 aliphatic carbocycles. The van der Waals surface area contributed by atoms with E-state index < -0.39 is 40.2 Å². The number of hydrogen-bond acceptors (Lipinski definition) is 11. The maximum atomic E-state index is 16.0. The van der Waals surface area contributed by atoms with Gasteiger partial charge in [-0.3, -0.25) is 14.4 Å². The third-order valence-corrected chi connectivity index (χ3v) is 17.3. The molecular formula is C62H93FN2O8S. The number of aliphatic hydroxyl groups is 2. The summed E-state index contributed by atoms with van der Waals surface area (Å²) in [6.45, 7) is 35.0. The van der Waals surface area contributed by atoms with Crippen LogP contribution >= 0.6 is 11.8 Å². The Kier molecular flexibility index (Phi) is 24.0. The third kappa shape index (κ3) is 15.3. The quantitative estimate of drug-likeness (QED) is 0.105. The van der Waals surface area contributed by atoms with Gasteiger partial charge in [-0.25, -0.2) is 4.39 Å². The van der Waals surface area contributed by atoms with Gasteiger partial charge < -0.3 is 35.5 Å². The van der Waals surface area contributed by atoms with Crippen molar-refractivity contribution in [3.63, 3.8) is 0 Å². The van der Waals surface area contributed by atoms with Gasteiger partial charge in [-0.15, -0.1) is 11.8 Å². The van der Waals surface area contributed by atoms with E-state index in [1.165, 1.54) is 18.2 Å². The van der Waals surface area contributed by atoms with Crippen LogP contribution in [0.2, 0.25) is 0 Å². The molecule has 0 saturated heterocycles. The lowest BCUT2D eigenvalue weighted by atomic mass is 9.43. The Bertz CT molecular complexity index is 2380. The van der Waals surface area contributed by atoms with Gasteiger partial charge >= 0.3 is 0 Å². The number of carbonyl (C=O) groups excluding carboxylic acids is 4. The maximum Gasteiger partial charge on any atom is 0.185 e. The Balaban J connectivity index is 0.000000406. The van der Waals surface area contributed by atoms with Crippen molar-refractivity contribution in [1.29, 1.82) is 0 Å². The molecule has 2 aromatic rings. The summed E-state index contributed by atoms with van der Waals surface area (Å²) in [4.78, 5) is 45.7. The van der Waals surface area contributed by atoms with Crippen LogP contribution in [0, 0.1) is 48.2 Å². The van der Waals surface area contributed by atoms with Gasteiger partial charge in [-0.2, -0.15) is 0 Å². The van der Waals surface area contributed by atoms with Crippen LogP contribution in [0.4, 0.5) is 4.39 Å². The van der Waals surface area contributed by atoms with E-state index in [9.17, 15) is 29.4 Å². The molecule has 12 heteroatoms. The van der Waals surface area contributed by atoms with E-state index in [1.807, 2.05) is 58.0 Å². The number of allylic oxidation sites excluding steroid dienone is 7. The number of ketones is 4. The number of aryl methyl sites for hydroxylation is 2. The minimum Gasteiger partial charge on any atom is -0.486 e. The standard InChI is InChI=1S/C38H46FNO5.C11H21NO.C8H16OS.C5H10O/c1-22-8-7-9-26(18-22)21-44-29-11-10-24(3)31(32(29)39)34(43)45-38(25(4)41)17-14-30-36(38,6)20-28(42)33-35(5)15-12-23(2)19-27(35)13-16-37(30,33)40;1-6-7-11(8(2)3)12-9(4)10(5)13;1-5-8(7(4)9)10-6(2)3;1-3-4-5(2)6/h7-12,15,18-19,28,30,33-34,42-43H,2,13-14,16-17,20-21,40H2,1,3-6H3;7-9,12H,6H2,1-5H3;6,8H,5H2,1-4H3;3-4H2,1-2H3/b;11-7-;;/t28?,30-,33?,34?,35?,36?,37?,38+;9-;;/m10../s1. The lowest BCUT2D eigenvalue weighted by Gasteiger charge is -2.64. The number of thioether (sulfide) groups is 1. The van der Waals surface area contributed by atoms with Gasteiger partial charge in [-0.1, -0.05) is 135 Å². The van der Waals surface area contributed by atoms with Crippen molar-refractivity contribution < 1.29 is 43.3 Å². The first-order valence-corrected chi connectivity index (χ1v) is 28.0. The molecule has 412 valence electrons. The van der Waals surface area contributed by atoms with E-state index in [1.54, 1.807) is 51.6 Å². The van der Waals surface area contributed by atoms with E-state index >= 15 is 4.39 Å². The smallest absolute Gasteiger partial charge is 0.185 e. The van der Waals surface area contributed by atoms with Crippen LogP contribution in [-0.4, -0.2) is 67.1 Å². The van der Waals surface area contributed by atoms with Crippen molar-refractivity contribution in [3.05, 3.63) is 112 Å². The fourth-order valence-electron chi connectivity index (χ4n) is 12.0. The fourth-order valence-corrected chi connectivity index (χ4v) is 13.0. The van der Waals surface area contributed by atoms with Gasteiger partial charge in [0.15, 0.2) is 29.4 Å². The number of hydrogen-bond donors (Lipinski definition) is 4. The molecule has 7 unspecified atom stereocenters. The predicted octanol–water partition coefficient (Wildman–Crippen LogP) is 13.1.